The number of nitrogens with zero attached hydrogens (tertiary/aromatic N) is 3. The van der Waals surface area contributed by atoms with Crippen molar-refractivity contribution < 1.29 is 8.42 Å². The number of aromatic nitrogens is 2. The fourth-order valence-electron chi connectivity index (χ4n) is 3.06. The molecule has 0 saturated carbocycles. The summed E-state index contributed by atoms with van der Waals surface area (Å²) in [5.74, 6) is 0.419. The van der Waals surface area contributed by atoms with E-state index in [9.17, 15) is 8.42 Å². The Morgan fingerprint density at radius 3 is 2.55 bits per heavy atom. The summed E-state index contributed by atoms with van der Waals surface area (Å²) in [5, 5.41) is 4.42. The van der Waals surface area contributed by atoms with E-state index in [1.165, 1.54) is 0 Å². The average molecular weight is 351 g/mol. The highest BCUT2D eigenvalue weighted by Crippen LogP contribution is 2.29. The molecular formula is C14H27ClN4O2S. The molecule has 128 valence electrons. The molecule has 0 aliphatic carbocycles. The van der Waals surface area contributed by atoms with Crippen LogP contribution in [0.2, 0.25) is 0 Å². The topological polar surface area (TPSA) is 81.2 Å². The van der Waals surface area contributed by atoms with Crippen LogP contribution in [-0.2, 0) is 16.6 Å². The highest BCUT2D eigenvalue weighted by molar-refractivity contribution is 7.89. The van der Waals surface area contributed by atoms with E-state index in [2.05, 4.69) is 18.9 Å². The summed E-state index contributed by atoms with van der Waals surface area (Å²) in [6.07, 6.45) is 1.72. The van der Waals surface area contributed by atoms with Crippen molar-refractivity contribution >= 4 is 22.4 Å². The van der Waals surface area contributed by atoms with E-state index >= 15 is 0 Å². The minimum atomic E-state index is -3.51. The zero-order valence-corrected chi connectivity index (χ0v) is 15.4. The highest BCUT2D eigenvalue weighted by Gasteiger charge is 2.37. The van der Waals surface area contributed by atoms with E-state index in [1.54, 1.807) is 15.9 Å². The summed E-state index contributed by atoms with van der Waals surface area (Å²) in [7, 11) is -3.51. The van der Waals surface area contributed by atoms with Gasteiger partial charge < -0.3 is 5.73 Å². The van der Waals surface area contributed by atoms with Gasteiger partial charge in [-0.2, -0.15) is 9.40 Å². The van der Waals surface area contributed by atoms with Gasteiger partial charge in [-0.15, -0.1) is 12.4 Å². The van der Waals surface area contributed by atoms with E-state index in [0.29, 0.717) is 29.6 Å². The molecule has 0 spiro atoms. The SMILES string of the molecule is Cc1nn(CC(C)C)c(C)c1S(=O)(=O)N1CCCC1CN.Cl. The zero-order valence-electron chi connectivity index (χ0n) is 13.7. The molecule has 0 amide bonds. The van der Waals surface area contributed by atoms with E-state index in [-0.39, 0.29) is 18.4 Å². The van der Waals surface area contributed by atoms with Crippen LogP contribution in [0.3, 0.4) is 0 Å². The van der Waals surface area contributed by atoms with Gasteiger partial charge in [-0.1, -0.05) is 13.8 Å². The van der Waals surface area contributed by atoms with E-state index < -0.39 is 10.0 Å². The van der Waals surface area contributed by atoms with Crippen molar-refractivity contribution in [2.75, 3.05) is 13.1 Å². The first-order chi connectivity index (χ1) is 9.78. The van der Waals surface area contributed by atoms with Crippen LogP contribution in [0.1, 0.15) is 38.1 Å². The van der Waals surface area contributed by atoms with Crippen LogP contribution in [0.4, 0.5) is 0 Å². The third-order valence-corrected chi connectivity index (χ3v) is 6.22. The van der Waals surface area contributed by atoms with Crippen molar-refractivity contribution in [2.45, 2.75) is 58.0 Å². The molecule has 2 heterocycles. The number of hydrogen-bond acceptors (Lipinski definition) is 4. The van der Waals surface area contributed by atoms with Crippen molar-refractivity contribution in [1.29, 1.82) is 0 Å². The van der Waals surface area contributed by atoms with Gasteiger partial charge in [-0.25, -0.2) is 8.42 Å². The van der Waals surface area contributed by atoms with E-state index in [4.69, 9.17) is 5.73 Å². The maximum atomic E-state index is 13.0. The number of nitrogens with two attached hydrogens (primary N) is 1. The Balaban J connectivity index is 0.00000242. The summed E-state index contributed by atoms with van der Waals surface area (Å²) in [6.45, 7) is 9.44. The molecule has 22 heavy (non-hydrogen) atoms. The quantitative estimate of drug-likeness (QED) is 0.876. The smallest absolute Gasteiger partial charge is 0.247 e. The first kappa shape index (κ1) is 19.4. The zero-order chi connectivity index (χ0) is 15.8. The molecule has 1 aromatic rings. The van der Waals surface area contributed by atoms with Gasteiger partial charge >= 0.3 is 0 Å². The minimum absolute atomic E-state index is 0. The molecule has 2 N–H and O–H groups in total. The molecule has 0 radical (unpaired) electrons. The summed E-state index contributed by atoms with van der Waals surface area (Å²) >= 11 is 0. The summed E-state index contributed by atoms with van der Waals surface area (Å²) in [6, 6.07) is -0.0813. The van der Waals surface area contributed by atoms with Gasteiger partial charge in [-0.3, -0.25) is 4.68 Å². The normalized spacial score (nSPS) is 19.6. The second-order valence-corrected chi connectivity index (χ2v) is 8.05. The summed E-state index contributed by atoms with van der Waals surface area (Å²) < 4.78 is 29.3. The Hall–Kier alpha value is -0.630. The van der Waals surface area contributed by atoms with Gasteiger partial charge in [-0.05, 0) is 32.6 Å². The third kappa shape index (κ3) is 3.48. The van der Waals surface area contributed by atoms with Crippen molar-refractivity contribution in [1.82, 2.24) is 14.1 Å². The number of rotatable bonds is 5. The maximum absolute atomic E-state index is 13.0. The van der Waals surface area contributed by atoms with Crippen LogP contribution in [-0.4, -0.2) is 41.6 Å². The van der Waals surface area contributed by atoms with Gasteiger partial charge in [0.2, 0.25) is 10.0 Å². The van der Waals surface area contributed by atoms with E-state index in [0.717, 1.165) is 25.1 Å². The summed E-state index contributed by atoms with van der Waals surface area (Å²) in [4.78, 5) is 0.364. The van der Waals surface area contributed by atoms with Crippen LogP contribution in [0.15, 0.2) is 4.90 Å². The minimum Gasteiger partial charge on any atom is -0.329 e. The number of aryl methyl sites for hydroxylation is 1. The summed E-state index contributed by atoms with van der Waals surface area (Å²) in [5.41, 5.74) is 7.02. The Kier molecular flexibility index (Phi) is 6.44. The molecule has 0 bridgehead atoms. The molecule has 1 saturated heterocycles. The Labute approximate surface area is 139 Å². The Morgan fingerprint density at radius 2 is 2.00 bits per heavy atom. The molecule has 2 rings (SSSR count). The lowest BCUT2D eigenvalue weighted by atomic mass is 10.2. The molecular weight excluding hydrogens is 324 g/mol. The van der Waals surface area contributed by atoms with Crippen molar-refractivity contribution in [3.63, 3.8) is 0 Å². The fraction of sp³-hybridized carbons (Fsp3) is 0.786. The molecule has 1 fully saturated rings. The molecule has 1 atom stereocenters. The maximum Gasteiger partial charge on any atom is 0.247 e. The van der Waals surface area contributed by atoms with Crippen LogP contribution in [0.25, 0.3) is 0 Å². The monoisotopic (exact) mass is 350 g/mol. The van der Waals surface area contributed by atoms with Crippen molar-refractivity contribution in [2.24, 2.45) is 11.7 Å². The van der Waals surface area contributed by atoms with Gasteiger partial charge in [0.25, 0.3) is 0 Å². The Morgan fingerprint density at radius 1 is 1.36 bits per heavy atom. The lowest BCUT2D eigenvalue weighted by Crippen LogP contribution is -2.40. The molecule has 1 aromatic heterocycles. The molecule has 1 aliphatic heterocycles. The number of sulfonamides is 1. The van der Waals surface area contributed by atoms with Gasteiger partial charge in [0.1, 0.15) is 4.90 Å². The number of halogens is 1. The van der Waals surface area contributed by atoms with Crippen LogP contribution < -0.4 is 5.73 Å². The highest BCUT2D eigenvalue weighted by atomic mass is 35.5. The fourth-order valence-corrected chi connectivity index (χ4v) is 5.14. The first-order valence-electron chi connectivity index (χ1n) is 7.55. The Bertz CT molecular complexity index is 613. The molecule has 6 nitrogen and oxygen atoms in total. The van der Waals surface area contributed by atoms with Gasteiger partial charge in [0.15, 0.2) is 0 Å². The molecule has 8 heteroatoms. The average Bonchev–Trinajstić information content (AvgIpc) is 2.95. The van der Waals surface area contributed by atoms with Gasteiger partial charge in [0.05, 0.1) is 11.4 Å². The first-order valence-corrected chi connectivity index (χ1v) is 8.99. The van der Waals surface area contributed by atoms with Gasteiger partial charge in [0, 0.05) is 25.7 Å². The lowest BCUT2D eigenvalue weighted by Gasteiger charge is -2.23. The van der Waals surface area contributed by atoms with E-state index in [1.807, 2.05) is 6.92 Å². The predicted octanol–water partition coefficient (Wildman–Crippen LogP) is 1.69. The van der Waals surface area contributed by atoms with Crippen LogP contribution >= 0.6 is 12.4 Å². The van der Waals surface area contributed by atoms with Crippen LogP contribution in [0, 0.1) is 19.8 Å². The van der Waals surface area contributed by atoms with Crippen molar-refractivity contribution in [3.8, 4) is 0 Å². The molecule has 1 aliphatic rings. The largest absolute Gasteiger partial charge is 0.329 e. The molecule has 1 unspecified atom stereocenters. The second kappa shape index (κ2) is 7.29. The predicted molar refractivity (Wildman–Crippen MR) is 89.8 cm³/mol. The third-order valence-electron chi connectivity index (χ3n) is 4.02. The second-order valence-electron chi connectivity index (χ2n) is 6.22. The molecule has 0 aromatic carbocycles. The van der Waals surface area contributed by atoms with Crippen molar-refractivity contribution in [3.05, 3.63) is 11.4 Å². The standard InChI is InChI=1S/C14H26N4O2S.ClH/c1-10(2)9-17-12(4)14(11(3)16-17)21(19,20)18-7-5-6-13(18)8-15;/h10,13H,5-9,15H2,1-4H3;1H. The van der Waals surface area contributed by atoms with Crippen LogP contribution in [0.5, 0.6) is 0 Å². The number of hydrogen-bond donors (Lipinski definition) is 1. The lowest BCUT2D eigenvalue weighted by molar-refractivity contribution is 0.392.